The molecule has 96 valence electrons. The van der Waals surface area contributed by atoms with Gasteiger partial charge in [-0.25, -0.2) is 0 Å². The van der Waals surface area contributed by atoms with Crippen molar-refractivity contribution in [3.8, 4) is 0 Å². The van der Waals surface area contributed by atoms with E-state index in [0.717, 1.165) is 13.1 Å². The highest BCUT2D eigenvalue weighted by Gasteiger charge is 2.21. The number of thioether (sulfide) groups is 1. The maximum Gasteiger partial charge on any atom is 0.0338 e. The summed E-state index contributed by atoms with van der Waals surface area (Å²) in [7, 11) is 0. The van der Waals surface area contributed by atoms with Crippen LogP contribution in [0.25, 0.3) is 0 Å². The van der Waals surface area contributed by atoms with E-state index < -0.39 is 0 Å². The zero-order chi connectivity index (χ0) is 12.1. The van der Waals surface area contributed by atoms with E-state index in [1.807, 2.05) is 11.8 Å². The standard InChI is InChI=1S/C14H24N2S/c1-3-7-15-14-6-4-5-12-10-16(8-9-17-2)11-13(12)14/h10-11,14-15H,3-9H2,1-2H3. The lowest BCUT2D eigenvalue weighted by Crippen LogP contribution is -2.24. The van der Waals surface area contributed by atoms with Gasteiger partial charge in [-0.15, -0.1) is 0 Å². The van der Waals surface area contributed by atoms with Crippen molar-refractivity contribution in [2.45, 2.75) is 45.2 Å². The molecular weight excluding hydrogens is 228 g/mol. The van der Waals surface area contributed by atoms with E-state index in [4.69, 9.17) is 0 Å². The van der Waals surface area contributed by atoms with Crippen LogP contribution in [0.15, 0.2) is 12.4 Å². The molecule has 0 spiro atoms. The van der Waals surface area contributed by atoms with Crippen LogP contribution in [0.1, 0.15) is 43.4 Å². The maximum atomic E-state index is 3.68. The Morgan fingerprint density at radius 3 is 3.12 bits per heavy atom. The second-order valence-corrected chi connectivity index (χ2v) is 5.85. The van der Waals surface area contributed by atoms with E-state index in [2.05, 4.69) is 35.5 Å². The maximum absolute atomic E-state index is 3.68. The first-order chi connectivity index (χ1) is 8.35. The van der Waals surface area contributed by atoms with Crippen LogP contribution in [0, 0.1) is 0 Å². The van der Waals surface area contributed by atoms with Gasteiger partial charge in [-0.1, -0.05) is 6.92 Å². The molecule has 1 aromatic heterocycles. The SMILES string of the molecule is CCCNC1CCCc2cn(CCSC)cc21. The van der Waals surface area contributed by atoms with Crippen LogP contribution >= 0.6 is 11.8 Å². The summed E-state index contributed by atoms with van der Waals surface area (Å²) in [5.41, 5.74) is 3.14. The molecule has 1 atom stereocenters. The van der Waals surface area contributed by atoms with Crippen LogP contribution in [0.4, 0.5) is 0 Å². The summed E-state index contributed by atoms with van der Waals surface area (Å²) in [6.07, 6.45) is 12.0. The minimum atomic E-state index is 0.606. The smallest absolute Gasteiger partial charge is 0.0338 e. The first-order valence-electron chi connectivity index (χ1n) is 6.76. The molecule has 1 aromatic rings. The lowest BCUT2D eigenvalue weighted by molar-refractivity contribution is 0.462. The molecule has 1 aliphatic rings. The molecule has 3 heteroatoms. The normalized spacial score (nSPS) is 19.3. The average molecular weight is 252 g/mol. The largest absolute Gasteiger partial charge is 0.353 e. The summed E-state index contributed by atoms with van der Waals surface area (Å²) in [4.78, 5) is 0. The third kappa shape index (κ3) is 3.29. The highest BCUT2D eigenvalue weighted by molar-refractivity contribution is 7.98. The zero-order valence-corrected chi connectivity index (χ0v) is 11.9. The number of rotatable bonds is 6. The van der Waals surface area contributed by atoms with E-state index in [9.17, 15) is 0 Å². The van der Waals surface area contributed by atoms with Crippen LogP contribution in [0.5, 0.6) is 0 Å². The molecule has 0 saturated heterocycles. The van der Waals surface area contributed by atoms with E-state index in [1.54, 1.807) is 11.1 Å². The Morgan fingerprint density at radius 1 is 1.47 bits per heavy atom. The van der Waals surface area contributed by atoms with E-state index in [1.165, 1.54) is 31.4 Å². The van der Waals surface area contributed by atoms with Gasteiger partial charge in [-0.05, 0) is 49.6 Å². The third-order valence-electron chi connectivity index (χ3n) is 3.51. The van der Waals surface area contributed by atoms with E-state index in [0.29, 0.717) is 6.04 Å². The minimum Gasteiger partial charge on any atom is -0.353 e. The number of aryl methyl sites for hydroxylation is 2. The second-order valence-electron chi connectivity index (χ2n) is 4.87. The number of hydrogen-bond acceptors (Lipinski definition) is 2. The first-order valence-corrected chi connectivity index (χ1v) is 8.15. The van der Waals surface area contributed by atoms with Crippen molar-refractivity contribution in [3.63, 3.8) is 0 Å². The predicted molar refractivity (Wildman–Crippen MR) is 76.8 cm³/mol. The Hall–Kier alpha value is -0.410. The van der Waals surface area contributed by atoms with Crippen molar-refractivity contribution in [1.29, 1.82) is 0 Å². The summed E-state index contributed by atoms with van der Waals surface area (Å²) in [5, 5.41) is 3.68. The van der Waals surface area contributed by atoms with Gasteiger partial charge >= 0.3 is 0 Å². The molecule has 17 heavy (non-hydrogen) atoms. The summed E-state index contributed by atoms with van der Waals surface area (Å²) >= 11 is 1.92. The summed E-state index contributed by atoms with van der Waals surface area (Å²) in [6.45, 7) is 4.52. The van der Waals surface area contributed by atoms with Gasteiger partial charge < -0.3 is 9.88 Å². The Bertz CT molecular complexity index is 346. The number of hydrogen-bond donors (Lipinski definition) is 1. The molecule has 0 radical (unpaired) electrons. The van der Waals surface area contributed by atoms with Gasteiger partial charge in [0.2, 0.25) is 0 Å². The van der Waals surface area contributed by atoms with Gasteiger partial charge in [0.1, 0.15) is 0 Å². The lowest BCUT2D eigenvalue weighted by atomic mass is 9.91. The fourth-order valence-corrected chi connectivity index (χ4v) is 3.00. The average Bonchev–Trinajstić information content (AvgIpc) is 2.77. The van der Waals surface area contributed by atoms with Crippen LogP contribution in [0.2, 0.25) is 0 Å². The molecule has 0 bridgehead atoms. The molecule has 1 heterocycles. The zero-order valence-electron chi connectivity index (χ0n) is 11.0. The molecule has 0 saturated carbocycles. The van der Waals surface area contributed by atoms with E-state index >= 15 is 0 Å². The lowest BCUT2D eigenvalue weighted by Gasteiger charge is -2.23. The molecule has 0 fully saturated rings. The van der Waals surface area contributed by atoms with Crippen LogP contribution in [0.3, 0.4) is 0 Å². The van der Waals surface area contributed by atoms with Gasteiger partial charge in [0.25, 0.3) is 0 Å². The highest BCUT2D eigenvalue weighted by Crippen LogP contribution is 2.30. The second kappa shape index (κ2) is 6.50. The number of aromatic nitrogens is 1. The monoisotopic (exact) mass is 252 g/mol. The van der Waals surface area contributed by atoms with Crippen LogP contribution in [-0.2, 0) is 13.0 Å². The van der Waals surface area contributed by atoms with Crippen molar-refractivity contribution >= 4 is 11.8 Å². The van der Waals surface area contributed by atoms with Crippen molar-refractivity contribution in [2.24, 2.45) is 0 Å². The van der Waals surface area contributed by atoms with Gasteiger partial charge in [-0.2, -0.15) is 11.8 Å². The van der Waals surface area contributed by atoms with Gasteiger partial charge in [0.05, 0.1) is 0 Å². The first kappa shape index (κ1) is 13.0. The van der Waals surface area contributed by atoms with Crippen LogP contribution < -0.4 is 5.32 Å². The predicted octanol–water partition coefficient (Wildman–Crippen LogP) is 3.23. The fourth-order valence-electron chi connectivity index (χ4n) is 2.60. The quantitative estimate of drug-likeness (QED) is 0.837. The molecule has 1 N–H and O–H groups in total. The Kier molecular flexibility index (Phi) is 4.99. The molecule has 1 unspecified atom stereocenters. The summed E-state index contributed by atoms with van der Waals surface area (Å²) in [6, 6.07) is 0.606. The van der Waals surface area contributed by atoms with Crippen molar-refractivity contribution in [1.82, 2.24) is 9.88 Å². The number of nitrogens with one attached hydrogen (secondary N) is 1. The Balaban J connectivity index is 2.05. The van der Waals surface area contributed by atoms with Crippen molar-refractivity contribution in [3.05, 3.63) is 23.5 Å². The van der Waals surface area contributed by atoms with Gasteiger partial charge in [-0.3, -0.25) is 0 Å². The molecule has 1 aliphatic carbocycles. The van der Waals surface area contributed by atoms with Gasteiger partial charge in [0, 0.05) is 30.7 Å². The van der Waals surface area contributed by atoms with Crippen LogP contribution in [-0.4, -0.2) is 23.1 Å². The van der Waals surface area contributed by atoms with Gasteiger partial charge in [0.15, 0.2) is 0 Å². The number of nitrogens with zero attached hydrogens (tertiary/aromatic N) is 1. The topological polar surface area (TPSA) is 17.0 Å². The minimum absolute atomic E-state index is 0.606. The van der Waals surface area contributed by atoms with Crippen molar-refractivity contribution < 1.29 is 0 Å². The molecule has 0 amide bonds. The number of fused-ring (bicyclic) bond motifs is 1. The molecule has 2 nitrogen and oxygen atoms in total. The Labute approximate surface area is 109 Å². The summed E-state index contributed by atoms with van der Waals surface area (Å²) < 4.78 is 2.38. The molecule has 0 aliphatic heterocycles. The fraction of sp³-hybridized carbons (Fsp3) is 0.714. The molecule has 0 aromatic carbocycles. The molecule has 2 rings (SSSR count). The molecular formula is C14H24N2S. The third-order valence-corrected chi connectivity index (χ3v) is 4.10. The van der Waals surface area contributed by atoms with E-state index in [-0.39, 0.29) is 0 Å². The Morgan fingerprint density at radius 2 is 2.35 bits per heavy atom. The summed E-state index contributed by atoms with van der Waals surface area (Å²) in [5.74, 6) is 1.21. The van der Waals surface area contributed by atoms with Crippen molar-refractivity contribution in [2.75, 3.05) is 18.6 Å². The highest BCUT2D eigenvalue weighted by atomic mass is 32.2.